The van der Waals surface area contributed by atoms with Gasteiger partial charge in [-0.3, -0.25) is 0 Å². The van der Waals surface area contributed by atoms with Crippen LogP contribution in [0.3, 0.4) is 0 Å². The molecule has 3 aliphatic carbocycles. The number of rotatable bonds is 7. The Morgan fingerprint density at radius 3 is 1.24 bits per heavy atom. The minimum absolute atomic E-state index is 0.170. The van der Waals surface area contributed by atoms with Crippen molar-refractivity contribution in [1.82, 2.24) is 0 Å². The molecule has 10 aromatic rings. The summed E-state index contributed by atoms with van der Waals surface area (Å²) < 4.78 is 0. The molecule has 0 aromatic heterocycles. The van der Waals surface area contributed by atoms with Crippen molar-refractivity contribution in [2.24, 2.45) is 0 Å². The molecule has 0 radical (unpaired) electrons. The van der Waals surface area contributed by atoms with Gasteiger partial charge in [-0.2, -0.15) is 0 Å². The van der Waals surface area contributed by atoms with Gasteiger partial charge in [0.2, 0.25) is 0 Å². The number of nitrogens with zero attached hydrogens (tertiary/aromatic N) is 1. The standard InChI is InChI=1S/C65H47N/c1-63(2)55-33-18-15-30-50(55)52-40-38-49(43-60(52)63)66(48-39-41-58-54(42-48)51-31-16-19-34-56(51)64(58,44-22-7-3-8-23-44)45-24-9-4-10-25-45)61-37-21-36-59-62(61)53-32-17-20-35-57(53)65(59,46-26-11-5-12-27-46)47-28-13-6-14-29-47/h3-43H,1-2H3. The van der Waals surface area contributed by atoms with E-state index >= 15 is 0 Å². The Morgan fingerprint density at radius 1 is 0.273 bits per heavy atom. The molecule has 0 unspecified atom stereocenters. The molecule has 1 heteroatoms. The van der Waals surface area contributed by atoms with Crippen LogP contribution in [0.1, 0.15) is 69.5 Å². The van der Waals surface area contributed by atoms with Gasteiger partial charge in [0.05, 0.1) is 16.5 Å². The van der Waals surface area contributed by atoms with E-state index in [4.69, 9.17) is 0 Å². The van der Waals surface area contributed by atoms with Crippen molar-refractivity contribution in [1.29, 1.82) is 0 Å². The first-order chi connectivity index (χ1) is 32.5. The molecular weight excluding hydrogens is 795 g/mol. The maximum Gasteiger partial charge on any atom is 0.0714 e. The highest BCUT2D eigenvalue weighted by Gasteiger charge is 2.49. The molecule has 1 nitrogen and oxygen atoms in total. The second kappa shape index (κ2) is 14.5. The van der Waals surface area contributed by atoms with Crippen LogP contribution in [0.25, 0.3) is 33.4 Å². The molecule has 0 atom stereocenters. The molecule has 312 valence electrons. The van der Waals surface area contributed by atoms with Crippen LogP contribution in [0.2, 0.25) is 0 Å². The summed E-state index contributed by atoms with van der Waals surface area (Å²) >= 11 is 0. The molecule has 0 saturated heterocycles. The first-order valence-corrected chi connectivity index (χ1v) is 23.3. The highest BCUT2D eigenvalue weighted by atomic mass is 15.1. The van der Waals surface area contributed by atoms with Crippen LogP contribution in [0.15, 0.2) is 249 Å². The van der Waals surface area contributed by atoms with Gasteiger partial charge >= 0.3 is 0 Å². The van der Waals surface area contributed by atoms with E-state index in [9.17, 15) is 0 Å². The van der Waals surface area contributed by atoms with Gasteiger partial charge in [0.15, 0.2) is 0 Å². The lowest BCUT2D eigenvalue weighted by molar-refractivity contribution is 0.660. The summed E-state index contributed by atoms with van der Waals surface area (Å²) in [5, 5.41) is 0. The topological polar surface area (TPSA) is 3.24 Å². The number of fused-ring (bicyclic) bond motifs is 9. The summed E-state index contributed by atoms with van der Waals surface area (Å²) in [6, 6.07) is 93.2. The summed E-state index contributed by atoms with van der Waals surface area (Å²) in [7, 11) is 0. The molecule has 10 aromatic carbocycles. The summed E-state index contributed by atoms with van der Waals surface area (Å²) in [5.74, 6) is 0. The van der Waals surface area contributed by atoms with Gasteiger partial charge in [-0.1, -0.05) is 232 Å². The van der Waals surface area contributed by atoms with Crippen molar-refractivity contribution in [3.05, 3.63) is 304 Å². The van der Waals surface area contributed by atoms with Gasteiger partial charge in [-0.25, -0.2) is 0 Å². The van der Waals surface area contributed by atoms with E-state index in [1.165, 1.54) is 89.0 Å². The fourth-order valence-electron chi connectivity index (χ4n) is 12.5. The summed E-state index contributed by atoms with van der Waals surface area (Å²) in [6.07, 6.45) is 0. The van der Waals surface area contributed by atoms with Crippen LogP contribution in [-0.4, -0.2) is 0 Å². The first-order valence-electron chi connectivity index (χ1n) is 23.3. The normalized spacial score (nSPS) is 14.9. The highest BCUT2D eigenvalue weighted by Crippen LogP contribution is 2.62. The maximum atomic E-state index is 2.56. The van der Waals surface area contributed by atoms with E-state index in [1.54, 1.807) is 0 Å². The molecule has 0 N–H and O–H groups in total. The molecule has 66 heavy (non-hydrogen) atoms. The Morgan fingerprint density at radius 2 is 0.667 bits per heavy atom. The zero-order valence-electron chi connectivity index (χ0n) is 37.1. The lowest BCUT2D eigenvalue weighted by atomic mass is 9.67. The Hall–Kier alpha value is -8.00. The quantitative estimate of drug-likeness (QED) is 0.155. The molecule has 0 spiro atoms. The minimum atomic E-state index is -0.528. The van der Waals surface area contributed by atoms with Crippen molar-refractivity contribution in [2.75, 3.05) is 4.90 Å². The third-order valence-corrected chi connectivity index (χ3v) is 15.2. The first kappa shape index (κ1) is 38.5. The largest absolute Gasteiger partial charge is 0.310 e. The number of anilines is 3. The van der Waals surface area contributed by atoms with Crippen molar-refractivity contribution in [3.8, 4) is 33.4 Å². The van der Waals surface area contributed by atoms with Gasteiger partial charge < -0.3 is 4.90 Å². The average molecular weight is 842 g/mol. The fourth-order valence-corrected chi connectivity index (χ4v) is 12.5. The van der Waals surface area contributed by atoms with Crippen LogP contribution in [0, 0.1) is 0 Å². The molecule has 0 saturated carbocycles. The Labute approximate surface area is 388 Å². The molecule has 0 fully saturated rings. The minimum Gasteiger partial charge on any atom is -0.310 e. The molecule has 0 heterocycles. The van der Waals surface area contributed by atoms with Gasteiger partial charge in [-0.15, -0.1) is 0 Å². The van der Waals surface area contributed by atoms with Gasteiger partial charge in [0.25, 0.3) is 0 Å². The van der Waals surface area contributed by atoms with Crippen molar-refractivity contribution < 1.29 is 0 Å². The Bertz CT molecular complexity index is 3420. The number of benzene rings is 10. The third-order valence-electron chi connectivity index (χ3n) is 15.2. The highest BCUT2D eigenvalue weighted by molar-refractivity contribution is 5.99. The molecule has 0 bridgehead atoms. The van der Waals surface area contributed by atoms with E-state index in [2.05, 4.69) is 267 Å². The van der Waals surface area contributed by atoms with Crippen LogP contribution in [0.5, 0.6) is 0 Å². The van der Waals surface area contributed by atoms with Crippen LogP contribution in [-0.2, 0) is 16.2 Å². The molecule has 0 amide bonds. The van der Waals surface area contributed by atoms with E-state index < -0.39 is 10.8 Å². The van der Waals surface area contributed by atoms with Crippen LogP contribution < -0.4 is 4.90 Å². The molecule has 3 aliphatic rings. The predicted octanol–water partition coefficient (Wildman–Crippen LogP) is 16.2. The maximum absolute atomic E-state index is 2.56. The molecular formula is C65H47N. The Kier molecular flexibility index (Phi) is 8.45. The Balaban J connectivity index is 1.11. The van der Waals surface area contributed by atoms with Crippen molar-refractivity contribution >= 4 is 17.1 Å². The summed E-state index contributed by atoms with van der Waals surface area (Å²) in [5.41, 5.74) is 22.9. The summed E-state index contributed by atoms with van der Waals surface area (Å²) in [4.78, 5) is 2.56. The zero-order chi connectivity index (χ0) is 44.0. The van der Waals surface area contributed by atoms with E-state index in [0.717, 1.165) is 17.1 Å². The van der Waals surface area contributed by atoms with Crippen LogP contribution in [0.4, 0.5) is 17.1 Å². The SMILES string of the molecule is CC1(C)c2ccccc2-c2ccc(N(c3ccc4c(c3)-c3ccccc3C4(c3ccccc3)c3ccccc3)c3cccc4c3-c3ccccc3C4(c3ccccc3)c3ccccc3)cc21. The van der Waals surface area contributed by atoms with Gasteiger partial charge in [0, 0.05) is 22.4 Å². The summed E-state index contributed by atoms with van der Waals surface area (Å²) in [6.45, 7) is 4.77. The second-order valence-electron chi connectivity index (χ2n) is 18.7. The zero-order valence-corrected chi connectivity index (χ0v) is 37.1. The van der Waals surface area contributed by atoms with E-state index in [-0.39, 0.29) is 5.41 Å². The van der Waals surface area contributed by atoms with Crippen molar-refractivity contribution in [2.45, 2.75) is 30.1 Å². The molecule has 13 rings (SSSR count). The van der Waals surface area contributed by atoms with E-state index in [0.29, 0.717) is 0 Å². The van der Waals surface area contributed by atoms with Gasteiger partial charge in [-0.05, 0) is 114 Å². The second-order valence-corrected chi connectivity index (χ2v) is 18.7. The average Bonchev–Trinajstić information content (AvgIpc) is 3.95. The lowest BCUT2D eigenvalue weighted by Gasteiger charge is -2.35. The molecule has 0 aliphatic heterocycles. The third kappa shape index (κ3) is 5.17. The van der Waals surface area contributed by atoms with Gasteiger partial charge in [0.1, 0.15) is 0 Å². The number of hydrogen-bond donors (Lipinski definition) is 0. The van der Waals surface area contributed by atoms with Crippen molar-refractivity contribution in [3.63, 3.8) is 0 Å². The predicted molar refractivity (Wildman–Crippen MR) is 273 cm³/mol. The number of hydrogen-bond acceptors (Lipinski definition) is 1. The fraction of sp³-hybridized carbons (Fsp3) is 0.0769. The van der Waals surface area contributed by atoms with E-state index in [1.807, 2.05) is 0 Å². The monoisotopic (exact) mass is 841 g/mol. The van der Waals surface area contributed by atoms with Crippen LogP contribution >= 0.6 is 0 Å². The smallest absolute Gasteiger partial charge is 0.0714 e. The lowest BCUT2D eigenvalue weighted by Crippen LogP contribution is -2.28.